The summed E-state index contributed by atoms with van der Waals surface area (Å²) in [7, 11) is -2.88. The SMILES string of the molecule is CCNC(=NCCSCc1cccc2ccccc12)NC1CCS(=O)(=O)C1. The minimum absolute atomic E-state index is 0.0314. The van der Waals surface area contributed by atoms with E-state index in [2.05, 4.69) is 58.1 Å². The van der Waals surface area contributed by atoms with Gasteiger partial charge < -0.3 is 10.6 Å². The van der Waals surface area contributed by atoms with E-state index in [9.17, 15) is 8.42 Å². The molecule has 0 bridgehead atoms. The van der Waals surface area contributed by atoms with Gasteiger partial charge in [-0.1, -0.05) is 42.5 Å². The fourth-order valence-electron chi connectivity index (χ4n) is 3.24. The third kappa shape index (κ3) is 5.87. The van der Waals surface area contributed by atoms with Crippen molar-refractivity contribution in [3.05, 3.63) is 48.0 Å². The van der Waals surface area contributed by atoms with E-state index in [1.807, 2.05) is 18.7 Å². The second kappa shape index (κ2) is 9.46. The number of hydrogen-bond donors (Lipinski definition) is 2. The molecular formula is C20H27N3O2S2. The Labute approximate surface area is 166 Å². The Morgan fingerprint density at radius 2 is 2.04 bits per heavy atom. The number of fused-ring (bicyclic) bond motifs is 1. The number of nitrogens with one attached hydrogen (secondary N) is 2. The number of thioether (sulfide) groups is 1. The molecule has 1 saturated heterocycles. The van der Waals surface area contributed by atoms with E-state index in [0.29, 0.717) is 18.9 Å². The van der Waals surface area contributed by atoms with E-state index >= 15 is 0 Å². The topological polar surface area (TPSA) is 70.6 Å². The molecule has 1 fully saturated rings. The summed E-state index contributed by atoms with van der Waals surface area (Å²) in [6.07, 6.45) is 0.655. The maximum absolute atomic E-state index is 11.6. The van der Waals surface area contributed by atoms with Gasteiger partial charge in [0.05, 0.1) is 18.1 Å². The molecule has 1 aliphatic heterocycles. The number of sulfone groups is 1. The number of hydrogen-bond acceptors (Lipinski definition) is 4. The summed E-state index contributed by atoms with van der Waals surface area (Å²) in [5.41, 5.74) is 1.35. The number of aliphatic imine (C=N–C) groups is 1. The van der Waals surface area contributed by atoms with Crippen LogP contribution in [0.25, 0.3) is 10.8 Å². The normalized spacial score (nSPS) is 19.3. The predicted octanol–water partition coefficient (Wildman–Crippen LogP) is 2.82. The molecule has 146 valence electrons. The lowest BCUT2D eigenvalue weighted by Crippen LogP contribution is -2.44. The minimum atomic E-state index is -2.88. The molecule has 0 saturated carbocycles. The maximum atomic E-state index is 11.6. The fraction of sp³-hybridized carbons (Fsp3) is 0.450. The summed E-state index contributed by atoms with van der Waals surface area (Å²) < 4.78 is 23.2. The first-order valence-corrected chi connectivity index (χ1v) is 12.3. The first kappa shape index (κ1) is 20.0. The van der Waals surface area contributed by atoms with Crippen LogP contribution in [0.3, 0.4) is 0 Å². The molecule has 1 heterocycles. The van der Waals surface area contributed by atoms with Gasteiger partial charge in [-0.15, -0.1) is 0 Å². The third-order valence-electron chi connectivity index (χ3n) is 4.56. The summed E-state index contributed by atoms with van der Waals surface area (Å²) in [6.45, 7) is 3.47. The summed E-state index contributed by atoms with van der Waals surface area (Å²) >= 11 is 1.87. The second-order valence-electron chi connectivity index (χ2n) is 6.70. The van der Waals surface area contributed by atoms with Gasteiger partial charge in [0.25, 0.3) is 0 Å². The van der Waals surface area contributed by atoms with Crippen LogP contribution in [0, 0.1) is 0 Å². The largest absolute Gasteiger partial charge is 0.357 e. The molecule has 0 radical (unpaired) electrons. The van der Waals surface area contributed by atoms with Gasteiger partial charge in [-0.2, -0.15) is 11.8 Å². The predicted molar refractivity (Wildman–Crippen MR) is 116 cm³/mol. The standard InChI is InChI=1S/C20H27N3O2S2/c1-2-21-20(23-18-10-13-27(24,25)15-18)22-11-12-26-14-17-8-5-7-16-6-3-4-9-19(16)17/h3-9,18H,2,10-15H2,1H3,(H2,21,22,23). The minimum Gasteiger partial charge on any atom is -0.357 e. The Balaban J connectivity index is 1.49. The van der Waals surface area contributed by atoms with Crippen molar-refractivity contribution in [1.82, 2.24) is 10.6 Å². The second-order valence-corrected chi connectivity index (χ2v) is 10.0. The summed E-state index contributed by atoms with van der Waals surface area (Å²) in [5.74, 6) is 3.06. The molecule has 2 N–H and O–H groups in total. The lowest BCUT2D eigenvalue weighted by Gasteiger charge is -2.15. The van der Waals surface area contributed by atoms with Crippen molar-refractivity contribution in [2.75, 3.05) is 30.3 Å². The Bertz CT molecular complexity index is 892. The summed E-state index contributed by atoms with van der Waals surface area (Å²) in [4.78, 5) is 4.60. The average molecular weight is 406 g/mol. The molecule has 1 atom stereocenters. The van der Waals surface area contributed by atoms with Gasteiger partial charge in [0.2, 0.25) is 0 Å². The lowest BCUT2D eigenvalue weighted by atomic mass is 10.1. The molecule has 1 unspecified atom stereocenters. The van der Waals surface area contributed by atoms with E-state index in [1.54, 1.807) is 0 Å². The van der Waals surface area contributed by atoms with Crippen LogP contribution in [0.15, 0.2) is 47.5 Å². The quantitative estimate of drug-likeness (QED) is 0.421. The highest BCUT2D eigenvalue weighted by Crippen LogP contribution is 2.22. The zero-order valence-corrected chi connectivity index (χ0v) is 17.3. The van der Waals surface area contributed by atoms with Crippen molar-refractivity contribution in [3.8, 4) is 0 Å². The zero-order chi connectivity index (χ0) is 19.1. The Morgan fingerprint density at radius 3 is 2.81 bits per heavy atom. The molecular weight excluding hydrogens is 378 g/mol. The van der Waals surface area contributed by atoms with E-state index in [4.69, 9.17) is 0 Å². The van der Waals surface area contributed by atoms with E-state index < -0.39 is 9.84 Å². The zero-order valence-electron chi connectivity index (χ0n) is 15.6. The number of guanidine groups is 1. The molecule has 1 aliphatic rings. The van der Waals surface area contributed by atoms with E-state index in [0.717, 1.165) is 18.1 Å². The van der Waals surface area contributed by atoms with Gasteiger partial charge in [0.15, 0.2) is 15.8 Å². The van der Waals surface area contributed by atoms with Crippen molar-refractivity contribution < 1.29 is 8.42 Å². The van der Waals surface area contributed by atoms with Gasteiger partial charge in [0, 0.05) is 24.1 Å². The van der Waals surface area contributed by atoms with Gasteiger partial charge in [-0.3, -0.25) is 4.99 Å². The van der Waals surface area contributed by atoms with Crippen LogP contribution in [-0.4, -0.2) is 50.8 Å². The molecule has 2 aromatic rings. The van der Waals surface area contributed by atoms with Crippen molar-refractivity contribution in [2.45, 2.75) is 25.1 Å². The third-order valence-corrected chi connectivity index (χ3v) is 7.31. The molecule has 27 heavy (non-hydrogen) atoms. The molecule has 0 aromatic heterocycles. The lowest BCUT2D eigenvalue weighted by molar-refractivity contribution is 0.599. The highest BCUT2D eigenvalue weighted by atomic mass is 32.2. The first-order valence-electron chi connectivity index (χ1n) is 9.37. The molecule has 7 heteroatoms. The van der Waals surface area contributed by atoms with E-state index in [1.165, 1.54) is 16.3 Å². The van der Waals surface area contributed by atoms with Crippen LogP contribution >= 0.6 is 11.8 Å². The van der Waals surface area contributed by atoms with E-state index in [-0.39, 0.29) is 17.5 Å². The van der Waals surface area contributed by atoms with Crippen molar-refractivity contribution in [3.63, 3.8) is 0 Å². The maximum Gasteiger partial charge on any atom is 0.191 e. The average Bonchev–Trinajstić information content (AvgIpc) is 3.00. The highest BCUT2D eigenvalue weighted by Gasteiger charge is 2.28. The molecule has 0 spiro atoms. The smallest absolute Gasteiger partial charge is 0.191 e. The Morgan fingerprint density at radius 1 is 1.22 bits per heavy atom. The van der Waals surface area contributed by atoms with Crippen LogP contribution in [0.2, 0.25) is 0 Å². The van der Waals surface area contributed by atoms with Crippen molar-refractivity contribution >= 4 is 38.3 Å². The van der Waals surface area contributed by atoms with Crippen LogP contribution in [0.4, 0.5) is 0 Å². The summed E-state index contributed by atoms with van der Waals surface area (Å²) in [5, 5.41) is 9.05. The van der Waals surface area contributed by atoms with Gasteiger partial charge in [-0.25, -0.2) is 8.42 Å². The molecule has 3 rings (SSSR count). The Kier molecular flexibility index (Phi) is 7.01. The van der Waals surface area contributed by atoms with Crippen LogP contribution in [0.1, 0.15) is 18.9 Å². The molecule has 2 aromatic carbocycles. The van der Waals surface area contributed by atoms with Gasteiger partial charge in [-0.05, 0) is 29.7 Å². The van der Waals surface area contributed by atoms with Crippen molar-refractivity contribution in [2.24, 2.45) is 4.99 Å². The van der Waals surface area contributed by atoms with Gasteiger partial charge in [0.1, 0.15) is 0 Å². The van der Waals surface area contributed by atoms with Gasteiger partial charge >= 0.3 is 0 Å². The molecule has 0 aliphatic carbocycles. The molecule has 0 amide bonds. The number of benzene rings is 2. The monoisotopic (exact) mass is 405 g/mol. The number of nitrogens with zero attached hydrogens (tertiary/aromatic N) is 1. The molecule has 5 nitrogen and oxygen atoms in total. The summed E-state index contributed by atoms with van der Waals surface area (Å²) in [6, 6.07) is 14.9. The van der Waals surface area contributed by atoms with Crippen LogP contribution in [-0.2, 0) is 15.6 Å². The first-order chi connectivity index (χ1) is 13.1. The van der Waals surface area contributed by atoms with Crippen molar-refractivity contribution in [1.29, 1.82) is 0 Å². The fourth-order valence-corrected chi connectivity index (χ4v) is 5.75. The Hall–Kier alpha value is -1.73. The number of rotatable bonds is 7. The van der Waals surface area contributed by atoms with Crippen LogP contribution in [0.5, 0.6) is 0 Å². The highest BCUT2D eigenvalue weighted by molar-refractivity contribution is 7.98. The van der Waals surface area contributed by atoms with Crippen LogP contribution < -0.4 is 10.6 Å².